The van der Waals surface area contributed by atoms with E-state index in [1.165, 1.54) is 24.7 Å². The maximum atomic E-state index is 12.3. The Morgan fingerprint density at radius 1 is 1.22 bits per heavy atom. The summed E-state index contributed by atoms with van der Waals surface area (Å²) in [5.74, 6) is 1.45. The van der Waals surface area contributed by atoms with Crippen LogP contribution in [0.1, 0.15) is 42.9 Å². The molecule has 0 atom stereocenters. The van der Waals surface area contributed by atoms with E-state index in [-0.39, 0.29) is 5.91 Å². The molecule has 138 valence electrons. The molecule has 1 N–H and O–H groups in total. The standard InChI is InChI=1S/C19H19ClN6O/c20-16-7-17(23-11-22-16)21-8-14-10-25-9-13(12-3-4-12)6-15(19(25)24-14)26-5-1-2-18(26)27/h6-7,9-12H,1-5,8H2,(H,21,22,23). The van der Waals surface area contributed by atoms with E-state index in [0.717, 1.165) is 30.0 Å². The lowest BCUT2D eigenvalue weighted by molar-refractivity contribution is -0.117. The third kappa shape index (κ3) is 3.23. The molecule has 3 aromatic rings. The predicted molar refractivity (Wildman–Crippen MR) is 103 cm³/mol. The van der Waals surface area contributed by atoms with Crippen molar-refractivity contribution in [3.05, 3.63) is 47.3 Å². The van der Waals surface area contributed by atoms with Crippen LogP contribution in [0.15, 0.2) is 30.9 Å². The first kappa shape index (κ1) is 16.5. The molecule has 0 aromatic carbocycles. The molecule has 1 aliphatic heterocycles. The second-order valence-electron chi connectivity index (χ2n) is 7.12. The number of hydrogen-bond acceptors (Lipinski definition) is 5. The van der Waals surface area contributed by atoms with Gasteiger partial charge in [-0.25, -0.2) is 15.0 Å². The largest absolute Gasteiger partial charge is 0.364 e. The minimum atomic E-state index is 0.183. The summed E-state index contributed by atoms with van der Waals surface area (Å²) in [6.45, 7) is 1.28. The van der Waals surface area contributed by atoms with Gasteiger partial charge in [-0.3, -0.25) is 4.79 Å². The summed E-state index contributed by atoms with van der Waals surface area (Å²) >= 11 is 5.90. The summed E-state index contributed by atoms with van der Waals surface area (Å²) in [4.78, 5) is 27.0. The number of fused-ring (bicyclic) bond motifs is 1. The fraction of sp³-hybridized carbons (Fsp3) is 0.368. The van der Waals surface area contributed by atoms with Gasteiger partial charge in [0, 0.05) is 31.4 Å². The Kier molecular flexibility index (Phi) is 3.97. The number of amides is 1. The highest BCUT2D eigenvalue weighted by molar-refractivity contribution is 6.29. The van der Waals surface area contributed by atoms with Crippen molar-refractivity contribution >= 4 is 34.7 Å². The van der Waals surface area contributed by atoms with E-state index in [4.69, 9.17) is 16.6 Å². The topological polar surface area (TPSA) is 75.4 Å². The van der Waals surface area contributed by atoms with Gasteiger partial charge >= 0.3 is 0 Å². The molecule has 27 heavy (non-hydrogen) atoms. The molecule has 2 fully saturated rings. The van der Waals surface area contributed by atoms with E-state index in [9.17, 15) is 4.79 Å². The van der Waals surface area contributed by atoms with Crippen LogP contribution in [-0.4, -0.2) is 31.8 Å². The first-order valence-electron chi connectivity index (χ1n) is 9.21. The molecule has 0 unspecified atom stereocenters. The number of hydrogen-bond donors (Lipinski definition) is 1. The van der Waals surface area contributed by atoms with E-state index in [0.29, 0.717) is 29.9 Å². The van der Waals surface area contributed by atoms with Gasteiger partial charge in [0.2, 0.25) is 5.91 Å². The molecular weight excluding hydrogens is 364 g/mol. The molecular formula is C19H19ClN6O. The molecule has 1 saturated heterocycles. The van der Waals surface area contributed by atoms with Crippen LogP contribution in [0, 0.1) is 0 Å². The zero-order valence-corrected chi connectivity index (χ0v) is 15.5. The van der Waals surface area contributed by atoms with Gasteiger partial charge in [0.25, 0.3) is 0 Å². The number of carbonyl (C=O) groups excluding carboxylic acids is 1. The summed E-state index contributed by atoms with van der Waals surface area (Å²) in [5.41, 5.74) is 3.92. The van der Waals surface area contributed by atoms with Crippen molar-refractivity contribution in [1.82, 2.24) is 19.4 Å². The van der Waals surface area contributed by atoms with Gasteiger partial charge < -0.3 is 14.6 Å². The number of nitrogens with one attached hydrogen (secondary N) is 1. The lowest BCUT2D eigenvalue weighted by Gasteiger charge is -2.17. The lowest BCUT2D eigenvalue weighted by Crippen LogP contribution is -2.24. The Morgan fingerprint density at radius 2 is 2.11 bits per heavy atom. The van der Waals surface area contributed by atoms with Gasteiger partial charge in [0.15, 0.2) is 5.65 Å². The molecule has 7 nitrogen and oxygen atoms in total. The van der Waals surface area contributed by atoms with Crippen molar-refractivity contribution in [3.8, 4) is 0 Å². The number of rotatable bonds is 5. The molecule has 4 heterocycles. The molecule has 0 radical (unpaired) electrons. The summed E-state index contributed by atoms with van der Waals surface area (Å²) in [6, 6.07) is 3.83. The van der Waals surface area contributed by atoms with Crippen molar-refractivity contribution in [2.24, 2.45) is 0 Å². The van der Waals surface area contributed by atoms with Crippen molar-refractivity contribution < 1.29 is 4.79 Å². The van der Waals surface area contributed by atoms with Crippen LogP contribution >= 0.6 is 11.6 Å². The van der Waals surface area contributed by atoms with Crippen LogP contribution < -0.4 is 10.2 Å². The Balaban J connectivity index is 1.49. The third-order valence-electron chi connectivity index (χ3n) is 5.10. The zero-order chi connectivity index (χ0) is 18.4. The van der Waals surface area contributed by atoms with Gasteiger partial charge in [-0.2, -0.15) is 0 Å². The average Bonchev–Trinajstić information content (AvgIpc) is 3.29. The molecule has 1 amide bonds. The maximum Gasteiger partial charge on any atom is 0.227 e. The number of nitrogens with zero attached hydrogens (tertiary/aromatic N) is 5. The smallest absolute Gasteiger partial charge is 0.227 e. The van der Waals surface area contributed by atoms with Crippen molar-refractivity contribution in [3.63, 3.8) is 0 Å². The molecule has 1 saturated carbocycles. The summed E-state index contributed by atoms with van der Waals surface area (Å²) in [5, 5.41) is 3.61. The summed E-state index contributed by atoms with van der Waals surface area (Å²) in [6.07, 6.45) is 9.54. The molecule has 5 rings (SSSR count). The molecule has 0 spiro atoms. The Labute approximate surface area is 161 Å². The monoisotopic (exact) mass is 382 g/mol. The van der Waals surface area contributed by atoms with Gasteiger partial charge in [-0.1, -0.05) is 11.6 Å². The number of anilines is 2. The number of aromatic nitrogens is 4. The highest BCUT2D eigenvalue weighted by atomic mass is 35.5. The predicted octanol–water partition coefficient (Wildman–Crippen LogP) is 3.39. The number of carbonyl (C=O) groups is 1. The van der Waals surface area contributed by atoms with Crippen LogP contribution in [0.3, 0.4) is 0 Å². The van der Waals surface area contributed by atoms with Gasteiger partial charge in [0.1, 0.15) is 17.3 Å². The quantitative estimate of drug-likeness (QED) is 0.684. The fourth-order valence-electron chi connectivity index (χ4n) is 3.59. The first-order chi connectivity index (χ1) is 13.2. The van der Waals surface area contributed by atoms with Crippen LogP contribution in [-0.2, 0) is 11.3 Å². The van der Waals surface area contributed by atoms with E-state index in [1.807, 2.05) is 11.1 Å². The van der Waals surface area contributed by atoms with Crippen LogP contribution in [0.25, 0.3) is 5.65 Å². The Hall–Kier alpha value is -2.67. The normalized spacial score (nSPS) is 17.1. The molecule has 8 heteroatoms. The Bertz CT molecular complexity index is 1030. The van der Waals surface area contributed by atoms with E-state index < -0.39 is 0 Å². The average molecular weight is 383 g/mol. The second kappa shape index (κ2) is 6.49. The van der Waals surface area contributed by atoms with Crippen molar-refractivity contribution in [2.75, 3.05) is 16.8 Å². The highest BCUT2D eigenvalue weighted by Crippen LogP contribution is 2.42. The zero-order valence-electron chi connectivity index (χ0n) is 14.7. The molecule has 1 aliphatic carbocycles. The SMILES string of the molecule is O=C1CCCN1c1cc(C2CC2)cn2cc(CNc3cc(Cl)ncn3)nc12. The maximum absolute atomic E-state index is 12.3. The fourth-order valence-corrected chi connectivity index (χ4v) is 3.74. The Morgan fingerprint density at radius 3 is 2.85 bits per heavy atom. The second-order valence-corrected chi connectivity index (χ2v) is 7.51. The minimum absolute atomic E-state index is 0.183. The van der Waals surface area contributed by atoms with Crippen LogP contribution in [0.2, 0.25) is 5.15 Å². The minimum Gasteiger partial charge on any atom is -0.364 e. The van der Waals surface area contributed by atoms with Crippen LogP contribution in [0.4, 0.5) is 11.5 Å². The highest BCUT2D eigenvalue weighted by Gasteiger charge is 2.29. The molecule has 2 aliphatic rings. The molecule has 0 bridgehead atoms. The summed E-state index contributed by atoms with van der Waals surface area (Å²) in [7, 11) is 0. The number of halogens is 1. The van der Waals surface area contributed by atoms with Gasteiger partial charge in [0.05, 0.1) is 17.9 Å². The first-order valence-corrected chi connectivity index (χ1v) is 9.58. The number of pyridine rings is 1. The van der Waals surface area contributed by atoms with Gasteiger partial charge in [-0.15, -0.1) is 0 Å². The molecule has 3 aromatic heterocycles. The van der Waals surface area contributed by atoms with E-state index in [2.05, 4.69) is 31.9 Å². The third-order valence-corrected chi connectivity index (χ3v) is 5.31. The lowest BCUT2D eigenvalue weighted by atomic mass is 10.1. The van der Waals surface area contributed by atoms with Crippen molar-refractivity contribution in [2.45, 2.75) is 38.1 Å². The van der Waals surface area contributed by atoms with E-state index in [1.54, 1.807) is 6.07 Å². The summed E-state index contributed by atoms with van der Waals surface area (Å²) < 4.78 is 2.05. The van der Waals surface area contributed by atoms with Gasteiger partial charge in [-0.05, 0) is 36.8 Å². The van der Waals surface area contributed by atoms with E-state index >= 15 is 0 Å². The van der Waals surface area contributed by atoms with Crippen molar-refractivity contribution in [1.29, 1.82) is 0 Å². The van der Waals surface area contributed by atoms with Crippen LogP contribution in [0.5, 0.6) is 0 Å². The number of imidazole rings is 1.